The Kier molecular flexibility index (Phi) is 6.11. The van der Waals surface area contributed by atoms with Gasteiger partial charge in [0.2, 0.25) is 0 Å². The van der Waals surface area contributed by atoms with Crippen LogP contribution in [0.5, 0.6) is 11.5 Å². The number of carbonyl (C=O) groups is 3. The Morgan fingerprint density at radius 2 is 1.56 bits per heavy atom. The lowest BCUT2D eigenvalue weighted by Gasteiger charge is -2.09. The predicted octanol–water partition coefficient (Wildman–Crippen LogP) is 3.23. The molecule has 0 unspecified atom stereocenters. The van der Waals surface area contributed by atoms with Gasteiger partial charge in [-0.3, -0.25) is 0 Å². The zero-order valence-corrected chi connectivity index (χ0v) is 13.7. The minimum atomic E-state index is -1.03. The second-order valence-electron chi connectivity index (χ2n) is 4.69. The monoisotopic (exact) mass is 344 g/mol. The smallest absolute Gasteiger partial charge is 0.465 e. The minimum absolute atomic E-state index is 0.0162. The molecule has 0 N–H and O–H groups in total. The first-order chi connectivity index (χ1) is 12.0. The Morgan fingerprint density at radius 1 is 0.880 bits per heavy atom. The number of benzene rings is 2. The fourth-order valence-electron chi connectivity index (χ4n) is 1.91. The fourth-order valence-corrected chi connectivity index (χ4v) is 1.91. The predicted molar refractivity (Wildman–Crippen MR) is 86.8 cm³/mol. The van der Waals surface area contributed by atoms with Crippen molar-refractivity contribution >= 4 is 18.1 Å². The molecule has 0 aliphatic heterocycles. The van der Waals surface area contributed by atoms with E-state index in [2.05, 4.69) is 4.74 Å². The first-order valence-corrected chi connectivity index (χ1v) is 7.39. The van der Waals surface area contributed by atoms with Gasteiger partial charge < -0.3 is 18.9 Å². The molecule has 2 aromatic rings. The Hall–Kier alpha value is -3.35. The van der Waals surface area contributed by atoms with Crippen molar-refractivity contribution in [3.05, 3.63) is 59.7 Å². The largest absolute Gasteiger partial charge is 0.519 e. The number of ether oxygens (including phenoxy) is 4. The Balaban J connectivity index is 2.04. The number of hydrogen-bond acceptors (Lipinski definition) is 7. The molecule has 0 aliphatic rings. The first kappa shape index (κ1) is 18.0. The molecule has 130 valence electrons. The molecule has 0 bridgehead atoms. The Bertz CT molecular complexity index is 765. The molecular formula is C18H16O7. The van der Waals surface area contributed by atoms with Gasteiger partial charge in [0.05, 0.1) is 19.3 Å². The molecule has 0 aromatic heterocycles. The molecule has 2 rings (SSSR count). The van der Waals surface area contributed by atoms with Gasteiger partial charge in [0.15, 0.2) is 0 Å². The second-order valence-corrected chi connectivity index (χ2v) is 4.69. The number of esters is 2. The number of methoxy groups -OCH3 is 1. The molecule has 0 aliphatic carbocycles. The summed E-state index contributed by atoms with van der Waals surface area (Å²) in [7, 11) is 1.22. The van der Waals surface area contributed by atoms with Gasteiger partial charge in [-0.05, 0) is 43.3 Å². The molecular weight excluding hydrogens is 328 g/mol. The lowest BCUT2D eigenvalue weighted by molar-refractivity contribution is 0.0525. The van der Waals surface area contributed by atoms with Crippen molar-refractivity contribution in [3.8, 4) is 11.5 Å². The highest BCUT2D eigenvalue weighted by Crippen LogP contribution is 2.20. The van der Waals surface area contributed by atoms with Crippen LogP contribution in [0.4, 0.5) is 4.79 Å². The molecule has 0 fully saturated rings. The van der Waals surface area contributed by atoms with Crippen LogP contribution < -0.4 is 9.47 Å². The van der Waals surface area contributed by atoms with Crippen LogP contribution in [0.15, 0.2) is 48.5 Å². The van der Waals surface area contributed by atoms with Crippen LogP contribution >= 0.6 is 0 Å². The van der Waals surface area contributed by atoms with Crippen LogP contribution in [0, 0.1) is 0 Å². The third-order valence-corrected chi connectivity index (χ3v) is 3.05. The summed E-state index contributed by atoms with van der Waals surface area (Å²) in [5.41, 5.74) is 0.429. The highest BCUT2D eigenvalue weighted by atomic mass is 16.7. The van der Waals surface area contributed by atoms with E-state index in [1.807, 2.05) is 0 Å². The zero-order valence-electron chi connectivity index (χ0n) is 13.7. The lowest BCUT2D eigenvalue weighted by atomic mass is 10.2. The van der Waals surface area contributed by atoms with Gasteiger partial charge in [0, 0.05) is 0 Å². The third-order valence-electron chi connectivity index (χ3n) is 3.05. The summed E-state index contributed by atoms with van der Waals surface area (Å²) in [5, 5.41) is 0. The van der Waals surface area contributed by atoms with E-state index in [9.17, 15) is 14.4 Å². The van der Waals surface area contributed by atoms with Crippen LogP contribution in [0.3, 0.4) is 0 Å². The van der Waals surface area contributed by atoms with E-state index in [1.54, 1.807) is 19.1 Å². The molecule has 0 atom stereocenters. The van der Waals surface area contributed by atoms with Crippen molar-refractivity contribution in [1.82, 2.24) is 0 Å². The molecule has 0 radical (unpaired) electrons. The van der Waals surface area contributed by atoms with E-state index in [4.69, 9.17) is 14.2 Å². The number of hydrogen-bond donors (Lipinski definition) is 0. The molecule has 7 heteroatoms. The lowest BCUT2D eigenvalue weighted by Crippen LogP contribution is -2.16. The first-order valence-electron chi connectivity index (χ1n) is 7.39. The van der Waals surface area contributed by atoms with Crippen molar-refractivity contribution in [3.63, 3.8) is 0 Å². The average Bonchev–Trinajstić information content (AvgIpc) is 2.62. The van der Waals surface area contributed by atoms with Crippen LogP contribution in [0.2, 0.25) is 0 Å². The summed E-state index contributed by atoms with van der Waals surface area (Å²) in [6, 6.07) is 11.9. The number of rotatable bonds is 5. The molecule has 0 heterocycles. The van der Waals surface area contributed by atoms with Crippen LogP contribution in [0.1, 0.15) is 27.6 Å². The maximum atomic E-state index is 11.9. The Labute approximate surface area is 144 Å². The third kappa shape index (κ3) is 4.81. The van der Waals surface area contributed by atoms with E-state index in [0.717, 1.165) is 0 Å². The highest BCUT2D eigenvalue weighted by Gasteiger charge is 2.16. The van der Waals surface area contributed by atoms with Gasteiger partial charge in [-0.1, -0.05) is 12.1 Å². The van der Waals surface area contributed by atoms with Crippen LogP contribution in [-0.2, 0) is 9.47 Å². The van der Waals surface area contributed by atoms with Crippen molar-refractivity contribution in [1.29, 1.82) is 0 Å². The molecule has 0 saturated heterocycles. The second kappa shape index (κ2) is 8.49. The number of carbonyl (C=O) groups excluding carboxylic acids is 3. The molecule has 25 heavy (non-hydrogen) atoms. The maximum absolute atomic E-state index is 11.9. The average molecular weight is 344 g/mol. The topological polar surface area (TPSA) is 88.1 Å². The van der Waals surface area contributed by atoms with Crippen molar-refractivity contribution in [2.45, 2.75) is 6.92 Å². The SMILES string of the molecule is CCOC(=O)c1ccc(OC(=O)Oc2ccccc2C(=O)OC)cc1. The zero-order chi connectivity index (χ0) is 18.2. The highest BCUT2D eigenvalue weighted by molar-refractivity contribution is 5.93. The quantitative estimate of drug-likeness (QED) is 0.608. The molecule has 0 saturated carbocycles. The molecule has 0 spiro atoms. The summed E-state index contributed by atoms with van der Waals surface area (Å²) in [6.45, 7) is 1.97. The van der Waals surface area contributed by atoms with Crippen LogP contribution in [0.25, 0.3) is 0 Å². The summed E-state index contributed by atoms with van der Waals surface area (Å²) in [4.78, 5) is 35.1. The van der Waals surface area contributed by atoms with Gasteiger partial charge in [0.1, 0.15) is 17.1 Å². The van der Waals surface area contributed by atoms with E-state index in [-0.39, 0.29) is 23.7 Å². The standard InChI is InChI=1S/C18H16O7/c1-3-23-16(19)12-8-10-13(11-9-12)24-18(21)25-15-7-5-4-6-14(15)17(20)22-2/h4-11H,3H2,1-2H3. The summed E-state index contributed by atoms with van der Waals surface area (Å²) < 4.78 is 19.5. The van der Waals surface area contributed by atoms with E-state index < -0.39 is 18.1 Å². The molecule has 0 amide bonds. The molecule has 2 aromatic carbocycles. The van der Waals surface area contributed by atoms with Crippen molar-refractivity contribution in [2.75, 3.05) is 13.7 Å². The summed E-state index contributed by atoms with van der Waals surface area (Å²) in [6.07, 6.45) is -1.03. The number of para-hydroxylation sites is 1. The van der Waals surface area contributed by atoms with E-state index in [0.29, 0.717) is 5.56 Å². The van der Waals surface area contributed by atoms with Crippen LogP contribution in [-0.4, -0.2) is 31.8 Å². The maximum Gasteiger partial charge on any atom is 0.519 e. The van der Waals surface area contributed by atoms with Crippen molar-refractivity contribution < 1.29 is 33.3 Å². The van der Waals surface area contributed by atoms with Crippen molar-refractivity contribution in [2.24, 2.45) is 0 Å². The molecule has 7 nitrogen and oxygen atoms in total. The van der Waals surface area contributed by atoms with Gasteiger partial charge in [-0.2, -0.15) is 0 Å². The fraction of sp³-hybridized carbons (Fsp3) is 0.167. The summed E-state index contributed by atoms with van der Waals surface area (Å²) >= 11 is 0. The summed E-state index contributed by atoms with van der Waals surface area (Å²) in [5.74, 6) is -0.915. The normalized spacial score (nSPS) is 9.84. The van der Waals surface area contributed by atoms with E-state index >= 15 is 0 Å². The van der Waals surface area contributed by atoms with Gasteiger partial charge in [-0.15, -0.1) is 0 Å². The van der Waals surface area contributed by atoms with E-state index in [1.165, 1.54) is 43.5 Å². The minimum Gasteiger partial charge on any atom is -0.465 e. The van der Waals surface area contributed by atoms with Gasteiger partial charge in [-0.25, -0.2) is 14.4 Å². The van der Waals surface area contributed by atoms with Gasteiger partial charge >= 0.3 is 18.1 Å². The Morgan fingerprint density at radius 3 is 2.20 bits per heavy atom. The van der Waals surface area contributed by atoms with Gasteiger partial charge in [0.25, 0.3) is 0 Å².